The van der Waals surface area contributed by atoms with Crippen molar-refractivity contribution in [3.63, 3.8) is 0 Å². The lowest BCUT2D eigenvalue weighted by atomic mass is 10.2. The summed E-state index contributed by atoms with van der Waals surface area (Å²) >= 11 is 4.83. The fourth-order valence-corrected chi connectivity index (χ4v) is 2.82. The summed E-state index contributed by atoms with van der Waals surface area (Å²) in [7, 11) is -3.43. The van der Waals surface area contributed by atoms with Crippen molar-refractivity contribution in [2.45, 2.75) is 32.6 Å². The molecule has 0 bridgehead atoms. The van der Waals surface area contributed by atoms with E-state index >= 15 is 0 Å². The van der Waals surface area contributed by atoms with Gasteiger partial charge < -0.3 is 5.21 Å². The summed E-state index contributed by atoms with van der Waals surface area (Å²) in [5.74, 6) is 0.118. The molecule has 1 rings (SSSR count). The Labute approximate surface area is 112 Å². The number of aromatic nitrogens is 1. The molecular formula is C11H18N2O3S2. The van der Waals surface area contributed by atoms with Gasteiger partial charge >= 0.3 is 0 Å². The molecule has 0 saturated heterocycles. The van der Waals surface area contributed by atoms with Crippen LogP contribution in [-0.2, 0) is 10.0 Å². The van der Waals surface area contributed by atoms with Crippen molar-refractivity contribution >= 4 is 28.1 Å². The highest BCUT2D eigenvalue weighted by atomic mass is 32.2. The van der Waals surface area contributed by atoms with E-state index < -0.39 is 10.0 Å². The second-order valence-corrected chi connectivity index (χ2v) is 6.30. The molecule has 0 atom stereocenters. The first kappa shape index (κ1) is 15.0. The molecule has 0 unspecified atom stereocenters. The van der Waals surface area contributed by atoms with Crippen LogP contribution >= 0.6 is 12.2 Å². The minimum absolute atomic E-state index is 0.0503. The number of nitrogens with one attached hydrogen (secondary N) is 1. The van der Waals surface area contributed by atoms with E-state index in [1.807, 2.05) is 0 Å². The highest BCUT2D eigenvalue weighted by Crippen LogP contribution is 2.10. The van der Waals surface area contributed by atoms with Gasteiger partial charge in [0, 0.05) is 0 Å². The molecule has 7 heteroatoms. The lowest BCUT2D eigenvalue weighted by molar-refractivity contribution is 0.187. The highest BCUT2D eigenvalue weighted by Gasteiger charge is 2.12. The molecule has 1 aromatic rings. The number of unbranched alkanes of at least 4 members (excludes halogenated alkanes) is 3. The van der Waals surface area contributed by atoms with Crippen molar-refractivity contribution in [3.05, 3.63) is 22.8 Å². The third-order valence-electron chi connectivity index (χ3n) is 2.46. The van der Waals surface area contributed by atoms with Gasteiger partial charge in [-0.15, -0.1) is 0 Å². The van der Waals surface area contributed by atoms with Crippen molar-refractivity contribution in [1.82, 2.24) is 4.73 Å². The van der Waals surface area contributed by atoms with Crippen LogP contribution in [0, 0.1) is 4.64 Å². The van der Waals surface area contributed by atoms with Crippen LogP contribution in [-0.4, -0.2) is 24.1 Å². The summed E-state index contributed by atoms with van der Waals surface area (Å²) in [6.45, 7) is 2.07. The van der Waals surface area contributed by atoms with Crippen molar-refractivity contribution in [2.75, 3.05) is 10.5 Å². The van der Waals surface area contributed by atoms with Crippen molar-refractivity contribution in [3.8, 4) is 0 Å². The third kappa shape index (κ3) is 4.66. The lowest BCUT2D eigenvalue weighted by Gasteiger charge is -2.10. The molecular weight excluding hydrogens is 272 g/mol. The van der Waals surface area contributed by atoms with Crippen molar-refractivity contribution < 1.29 is 13.6 Å². The monoisotopic (exact) mass is 290 g/mol. The minimum atomic E-state index is -3.43. The molecule has 1 aromatic heterocycles. The van der Waals surface area contributed by atoms with Crippen LogP contribution in [0.5, 0.6) is 0 Å². The fraction of sp³-hybridized carbons (Fsp3) is 0.545. The highest BCUT2D eigenvalue weighted by molar-refractivity contribution is 7.92. The van der Waals surface area contributed by atoms with Crippen LogP contribution in [0.25, 0.3) is 0 Å². The second kappa shape index (κ2) is 6.75. The number of pyridine rings is 1. The van der Waals surface area contributed by atoms with E-state index in [1.54, 1.807) is 6.07 Å². The van der Waals surface area contributed by atoms with Crippen LogP contribution in [0.15, 0.2) is 18.2 Å². The lowest BCUT2D eigenvalue weighted by Crippen LogP contribution is -2.19. The fourth-order valence-electron chi connectivity index (χ4n) is 1.49. The minimum Gasteiger partial charge on any atom is -0.426 e. The Kier molecular flexibility index (Phi) is 5.61. The van der Waals surface area contributed by atoms with Crippen LogP contribution in [0.4, 0.5) is 5.82 Å². The van der Waals surface area contributed by atoms with Gasteiger partial charge in [-0.2, -0.15) is 4.73 Å². The number of hydrogen-bond acceptors (Lipinski definition) is 4. The molecule has 1 heterocycles. The number of hydrogen-bond donors (Lipinski definition) is 2. The van der Waals surface area contributed by atoms with Crippen LogP contribution in [0.2, 0.25) is 0 Å². The molecule has 0 aromatic carbocycles. The van der Waals surface area contributed by atoms with Gasteiger partial charge in [-0.05, 0) is 18.6 Å². The Morgan fingerprint density at radius 3 is 2.72 bits per heavy atom. The van der Waals surface area contributed by atoms with Gasteiger partial charge in [-0.3, -0.25) is 4.72 Å². The molecule has 0 aliphatic heterocycles. The molecule has 18 heavy (non-hydrogen) atoms. The standard InChI is InChI=1S/C11H18N2O3S2/c1-2-3-4-5-9-18(15,16)12-10-7-6-8-11(17)13(10)14/h6-8,12,14H,2-5,9H2,1H3. The summed E-state index contributed by atoms with van der Waals surface area (Å²) in [6, 6.07) is 4.55. The van der Waals surface area contributed by atoms with E-state index in [0.717, 1.165) is 19.3 Å². The first-order chi connectivity index (χ1) is 8.46. The quantitative estimate of drug-likeness (QED) is 0.460. The Balaban J connectivity index is 2.65. The van der Waals surface area contributed by atoms with Crippen molar-refractivity contribution in [2.24, 2.45) is 0 Å². The summed E-state index contributed by atoms with van der Waals surface area (Å²) in [6.07, 6.45) is 3.58. The smallest absolute Gasteiger partial charge is 0.233 e. The number of nitrogens with zero attached hydrogens (tertiary/aromatic N) is 1. The zero-order valence-corrected chi connectivity index (χ0v) is 11.9. The molecule has 102 valence electrons. The first-order valence-corrected chi connectivity index (χ1v) is 7.94. The van der Waals surface area contributed by atoms with Crippen molar-refractivity contribution in [1.29, 1.82) is 0 Å². The Bertz CT molecular complexity index is 537. The normalized spacial score (nSPS) is 11.4. The number of sulfonamides is 1. The van der Waals surface area contributed by atoms with E-state index in [4.69, 9.17) is 12.2 Å². The van der Waals surface area contributed by atoms with Crippen LogP contribution in [0.1, 0.15) is 32.6 Å². The van der Waals surface area contributed by atoms with E-state index in [1.165, 1.54) is 12.1 Å². The van der Waals surface area contributed by atoms with Gasteiger partial charge in [0.1, 0.15) is 4.64 Å². The van der Waals surface area contributed by atoms with Crippen LogP contribution in [0.3, 0.4) is 0 Å². The predicted molar refractivity (Wildman–Crippen MR) is 74.0 cm³/mol. The predicted octanol–water partition coefficient (Wildman–Crippen LogP) is 2.78. The average molecular weight is 290 g/mol. The molecule has 0 radical (unpaired) electrons. The molecule has 5 nitrogen and oxygen atoms in total. The van der Waals surface area contributed by atoms with Gasteiger partial charge in [-0.1, -0.05) is 44.5 Å². The Morgan fingerprint density at radius 2 is 2.06 bits per heavy atom. The maximum Gasteiger partial charge on any atom is 0.233 e. The SMILES string of the molecule is CCCCCCS(=O)(=O)Nc1cccc(=S)n1O. The first-order valence-electron chi connectivity index (χ1n) is 5.88. The van der Waals surface area contributed by atoms with Gasteiger partial charge in [0.25, 0.3) is 0 Å². The van der Waals surface area contributed by atoms with Gasteiger partial charge in [0.2, 0.25) is 10.0 Å². The molecule has 0 aliphatic rings. The summed E-state index contributed by atoms with van der Waals surface area (Å²) in [5, 5.41) is 9.56. The van der Waals surface area contributed by atoms with E-state index in [-0.39, 0.29) is 16.2 Å². The zero-order chi connectivity index (χ0) is 13.6. The molecule has 0 fully saturated rings. The Morgan fingerprint density at radius 1 is 1.33 bits per heavy atom. The second-order valence-electron chi connectivity index (χ2n) is 4.04. The third-order valence-corrected chi connectivity index (χ3v) is 4.11. The maximum absolute atomic E-state index is 11.8. The van der Waals surface area contributed by atoms with Gasteiger partial charge in [-0.25, -0.2) is 8.42 Å². The summed E-state index contributed by atoms with van der Waals surface area (Å²) in [4.78, 5) is 0. The molecule has 0 spiro atoms. The maximum atomic E-state index is 11.8. The molecule has 0 saturated carbocycles. The summed E-state index contributed by atoms with van der Waals surface area (Å²) in [5.41, 5.74) is 0. The molecule has 2 N–H and O–H groups in total. The number of rotatable bonds is 7. The molecule has 0 amide bonds. The van der Waals surface area contributed by atoms with Crippen LogP contribution < -0.4 is 4.72 Å². The van der Waals surface area contributed by atoms with Gasteiger partial charge in [0.15, 0.2) is 5.82 Å². The largest absolute Gasteiger partial charge is 0.426 e. The van der Waals surface area contributed by atoms with E-state index in [9.17, 15) is 13.6 Å². The van der Waals surface area contributed by atoms with E-state index in [2.05, 4.69) is 11.6 Å². The average Bonchev–Trinajstić information content (AvgIpc) is 2.31. The topological polar surface area (TPSA) is 71.3 Å². The van der Waals surface area contributed by atoms with E-state index in [0.29, 0.717) is 11.2 Å². The number of anilines is 1. The zero-order valence-electron chi connectivity index (χ0n) is 10.3. The Hall–Kier alpha value is -1.08. The molecule has 0 aliphatic carbocycles. The van der Waals surface area contributed by atoms with Gasteiger partial charge in [0.05, 0.1) is 5.75 Å². The summed E-state index contributed by atoms with van der Waals surface area (Å²) < 4.78 is 26.6.